The van der Waals surface area contributed by atoms with E-state index in [4.69, 9.17) is 6.42 Å². The van der Waals surface area contributed by atoms with Gasteiger partial charge >= 0.3 is 0 Å². The minimum absolute atomic E-state index is 0.0401. The molecule has 1 N–H and O–H groups in total. The molecule has 0 radical (unpaired) electrons. The van der Waals surface area contributed by atoms with Gasteiger partial charge in [0.2, 0.25) is 5.91 Å². The Labute approximate surface area is 170 Å². The van der Waals surface area contributed by atoms with Crippen LogP contribution in [-0.2, 0) is 4.79 Å². The van der Waals surface area contributed by atoms with Gasteiger partial charge in [0.05, 0.1) is 5.52 Å². The van der Waals surface area contributed by atoms with Gasteiger partial charge in [0, 0.05) is 29.3 Å². The summed E-state index contributed by atoms with van der Waals surface area (Å²) in [6.07, 6.45) is 11.7. The lowest BCUT2D eigenvalue weighted by Gasteiger charge is -2.29. The number of fused-ring (bicyclic) bond motifs is 1. The zero-order chi connectivity index (χ0) is 20.2. The molecule has 1 aromatic heterocycles. The van der Waals surface area contributed by atoms with Gasteiger partial charge in [-0.2, -0.15) is 0 Å². The summed E-state index contributed by atoms with van der Waals surface area (Å²) in [5, 5.41) is 3.86. The summed E-state index contributed by atoms with van der Waals surface area (Å²) in [5.41, 5.74) is 3.57. The Kier molecular flexibility index (Phi) is 5.57. The molecule has 3 nitrogen and oxygen atoms in total. The van der Waals surface area contributed by atoms with Crippen LogP contribution < -0.4 is 5.32 Å². The van der Waals surface area contributed by atoms with Crippen molar-refractivity contribution in [3.63, 3.8) is 0 Å². The SMILES string of the molecule is C#Cc1ccc(NC(=O)C[C@H]2CC[C@H](c3ccnc4ccc(F)cc43)CC2)cc1. The van der Waals surface area contributed by atoms with Crippen LogP contribution in [-0.4, -0.2) is 10.9 Å². The number of amides is 1. The molecule has 0 unspecified atom stereocenters. The van der Waals surface area contributed by atoms with Gasteiger partial charge in [-0.1, -0.05) is 5.92 Å². The molecule has 0 atom stereocenters. The maximum Gasteiger partial charge on any atom is 0.224 e. The minimum atomic E-state index is -0.229. The lowest BCUT2D eigenvalue weighted by atomic mass is 9.77. The van der Waals surface area contributed by atoms with Crippen LogP contribution in [0, 0.1) is 24.1 Å². The van der Waals surface area contributed by atoms with Crippen LogP contribution in [0.2, 0.25) is 0 Å². The van der Waals surface area contributed by atoms with Crippen molar-refractivity contribution in [3.8, 4) is 12.3 Å². The second kappa shape index (κ2) is 8.45. The smallest absolute Gasteiger partial charge is 0.224 e. The van der Waals surface area contributed by atoms with Gasteiger partial charge in [-0.25, -0.2) is 4.39 Å². The zero-order valence-electron chi connectivity index (χ0n) is 16.2. The van der Waals surface area contributed by atoms with E-state index < -0.39 is 0 Å². The van der Waals surface area contributed by atoms with Crippen molar-refractivity contribution in [2.45, 2.75) is 38.0 Å². The molecule has 1 amide bonds. The Morgan fingerprint density at radius 1 is 1.10 bits per heavy atom. The van der Waals surface area contributed by atoms with E-state index in [1.54, 1.807) is 18.3 Å². The quantitative estimate of drug-likeness (QED) is 0.588. The summed E-state index contributed by atoms with van der Waals surface area (Å²) in [4.78, 5) is 16.7. The standard InChI is InChI=1S/C25H23FN2O/c1-2-17-5-10-21(11-6-17)28-25(29)15-18-3-7-19(8-4-18)22-13-14-27-24-12-9-20(26)16-23(22)24/h1,5-6,9-14,16,18-19H,3-4,7-8,15H2,(H,28,29)/t18-,19-. The van der Waals surface area contributed by atoms with Crippen LogP contribution in [0.1, 0.15) is 49.1 Å². The number of hydrogen-bond acceptors (Lipinski definition) is 2. The van der Waals surface area contributed by atoms with Crippen LogP contribution in [0.4, 0.5) is 10.1 Å². The topological polar surface area (TPSA) is 42.0 Å². The first kappa shape index (κ1) is 19.1. The van der Waals surface area contributed by atoms with Crippen molar-refractivity contribution in [2.24, 2.45) is 5.92 Å². The number of carbonyl (C=O) groups excluding carboxylic acids is 1. The fourth-order valence-corrected chi connectivity index (χ4v) is 4.30. The molecule has 0 bridgehead atoms. The highest BCUT2D eigenvalue weighted by Gasteiger charge is 2.25. The Bertz CT molecular complexity index is 1060. The highest BCUT2D eigenvalue weighted by molar-refractivity contribution is 5.90. The van der Waals surface area contributed by atoms with Gasteiger partial charge in [0.1, 0.15) is 5.82 Å². The van der Waals surface area contributed by atoms with Crippen molar-refractivity contribution in [3.05, 3.63) is 71.7 Å². The normalized spacial score (nSPS) is 18.9. The first-order valence-electron chi connectivity index (χ1n) is 10.0. The molecule has 2 aromatic carbocycles. The number of hydrogen-bond donors (Lipinski definition) is 1. The third-order valence-electron chi connectivity index (χ3n) is 5.83. The Morgan fingerprint density at radius 2 is 1.86 bits per heavy atom. The molecule has 1 aliphatic carbocycles. The molecule has 1 heterocycles. The number of nitrogens with one attached hydrogen (secondary N) is 1. The van der Waals surface area contributed by atoms with Crippen molar-refractivity contribution >= 4 is 22.5 Å². The van der Waals surface area contributed by atoms with E-state index in [0.29, 0.717) is 18.3 Å². The first-order chi connectivity index (χ1) is 14.1. The molecular weight excluding hydrogens is 363 g/mol. The van der Waals surface area contributed by atoms with E-state index in [-0.39, 0.29) is 11.7 Å². The van der Waals surface area contributed by atoms with Crippen molar-refractivity contribution in [2.75, 3.05) is 5.32 Å². The van der Waals surface area contributed by atoms with E-state index >= 15 is 0 Å². The second-order valence-corrected chi connectivity index (χ2v) is 7.75. The van der Waals surface area contributed by atoms with E-state index in [2.05, 4.69) is 16.2 Å². The van der Waals surface area contributed by atoms with Crippen LogP contribution in [0.5, 0.6) is 0 Å². The van der Waals surface area contributed by atoms with Gasteiger partial charge in [0.15, 0.2) is 0 Å². The molecule has 4 heteroatoms. The minimum Gasteiger partial charge on any atom is -0.326 e. The Balaban J connectivity index is 1.35. The molecule has 146 valence electrons. The summed E-state index contributed by atoms with van der Waals surface area (Å²) in [6.45, 7) is 0. The zero-order valence-corrected chi connectivity index (χ0v) is 16.2. The largest absolute Gasteiger partial charge is 0.326 e. The van der Waals surface area contributed by atoms with E-state index in [1.165, 1.54) is 11.6 Å². The highest BCUT2D eigenvalue weighted by atomic mass is 19.1. The van der Waals surface area contributed by atoms with Gasteiger partial charge in [-0.05, 0) is 91.6 Å². The van der Waals surface area contributed by atoms with Crippen LogP contribution in [0.3, 0.4) is 0 Å². The molecule has 3 aromatic rings. The molecule has 29 heavy (non-hydrogen) atoms. The average molecular weight is 386 g/mol. The maximum absolute atomic E-state index is 13.7. The third-order valence-corrected chi connectivity index (χ3v) is 5.83. The number of halogens is 1. The molecule has 1 saturated carbocycles. The molecule has 4 rings (SSSR count). The molecule has 0 aliphatic heterocycles. The number of aromatic nitrogens is 1. The van der Waals surface area contributed by atoms with E-state index in [1.807, 2.05) is 30.3 Å². The number of nitrogens with zero attached hydrogens (tertiary/aromatic N) is 1. The number of anilines is 1. The molecular formula is C25H23FN2O. The van der Waals surface area contributed by atoms with Crippen molar-refractivity contribution in [1.82, 2.24) is 4.98 Å². The number of carbonyl (C=O) groups is 1. The third kappa shape index (κ3) is 4.46. The summed E-state index contributed by atoms with van der Waals surface area (Å²) < 4.78 is 13.7. The molecule has 1 aliphatic rings. The summed E-state index contributed by atoms with van der Waals surface area (Å²) in [5.74, 6) is 3.14. The number of terminal acetylenes is 1. The number of benzene rings is 2. The molecule has 0 saturated heterocycles. The predicted molar refractivity (Wildman–Crippen MR) is 114 cm³/mol. The predicted octanol–water partition coefficient (Wildman–Crippen LogP) is 5.66. The summed E-state index contributed by atoms with van der Waals surface area (Å²) in [6, 6.07) is 14.1. The second-order valence-electron chi connectivity index (χ2n) is 7.75. The first-order valence-corrected chi connectivity index (χ1v) is 10.0. The number of rotatable bonds is 4. The molecule has 0 spiro atoms. The van der Waals surface area contributed by atoms with Crippen molar-refractivity contribution < 1.29 is 9.18 Å². The average Bonchev–Trinajstić information content (AvgIpc) is 2.74. The molecule has 1 fully saturated rings. The number of pyridine rings is 1. The Hall–Kier alpha value is -3.19. The van der Waals surface area contributed by atoms with Crippen LogP contribution in [0.25, 0.3) is 10.9 Å². The van der Waals surface area contributed by atoms with Crippen LogP contribution in [0.15, 0.2) is 54.7 Å². The van der Waals surface area contributed by atoms with E-state index in [0.717, 1.165) is 47.8 Å². The van der Waals surface area contributed by atoms with Gasteiger partial charge < -0.3 is 5.32 Å². The van der Waals surface area contributed by atoms with Gasteiger partial charge in [-0.3, -0.25) is 9.78 Å². The Morgan fingerprint density at radius 3 is 2.59 bits per heavy atom. The highest BCUT2D eigenvalue weighted by Crippen LogP contribution is 2.39. The summed E-state index contributed by atoms with van der Waals surface area (Å²) in [7, 11) is 0. The monoisotopic (exact) mass is 386 g/mol. The van der Waals surface area contributed by atoms with Gasteiger partial charge in [0.25, 0.3) is 0 Å². The fraction of sp³-hybridized carbons (Fsp3) is 0.280. The lowest BCUT2D eigenvalue weighted by Crippen LogP contribution is -2.20. The van der Waals surface area contributed by atoms with Gasteiger partial charge in [-0.15, -0.1) is 6.42 Å². The fourth-order valence-electron chi connectivity index (χ4n) is 4.30. The van der Waals surface area contributed by atoms with Crippen molar-refractivity contribution in [1.29, 1.82) is 0 Å². The maximum atomic E-state index is 13.7. The lowest BCUT2D eigenvalue weighted by molar-refractivity contribution is -0.117. The van der Waals surface area contributed by atoms with Crippen LogP contribution >= 0.6 is 0 Å². The van der Waals surface area contributed by atoms with E-state index in [9.17, 15) is 9.18 Å². The summed E-state index contributed by atoms with van der Waals surface area (Å²) >= 11 is 0.